The van der Waals surface area contributed by atoms with Crippen LogP contribution in [-0.4, -0.2) is 21.7 Å². The molecule has 1 amide bonds. The van der Waals surface area contributed by atoms with Gasteiger partial charge in [-0.1, -0.05) is 53.4 Å². The molecule has 1 aromatic rings. The molecule has 0 bridgehead atoms. The Kier molecular flexibility index (Phi) is 9.08. The molecule has 6 heteroatoms. The minimum Gasteiger partial charge on any atom is -0.349 e. The Hall–Kier alpha value is -1.46. The molecule has 144 valence electrons. The third-order valence-electron chi connectivity index (χ3n) is 4.52. The number of carbonyl (C=O) groups excluding carboxylic acids is 1. The standard InChI is InChI=1S/C19H33F2N3O/c1-6-7-8-9-10-16(14(4)11-13(2)3)22-19(25)15-12-24(5)23-17(15)18(20)21/h12-14,16,18H,6-11H2,1-5H3,(H,22,25)/t14-,16?/m1/s1. The van der Waals surface area contributed by atoms with Crippen LogP contribution in [0.5, 0.6) is 0 Å². The average molecular weight is 357 g/mol. The SMILES string of the molecule is CCCCCCC(NC(=O)c1cn(C)nc1C(F)F)[C@H](C)CC(C)C. The molecule has 1 heterocycles. The van der Waals surface area contributed by atoms with E-state index in [1.165, 1.54) is 17.3 Å². The van der Waals surface area contributed by atoms with Crippen molar-refractivity contribution in [1.82, 2.24) is 15.1 Å². The van der Waals surface area contributed by atoms with Crippen LogP contribution in [0.1, 0.15) is 88.7 Å². The van der Waals surface area contributed by atoms with Crippen molar-refractivity contribution in [2.24, 2.45) is 18.9 Å². The molecule has 0 saturated carbocycles. The van der Waals surface area contributed by atoms with Gasteiger partial charge in [-0.2, -0.15) is 5.10 Å². The molecule has 4 nitrogen and oxygen atoms in total. The number of amides is 1. The molecule has 0 spiro atoms. The predicted octanol–water partition coefficient (Wildman–Crippen LogP) is 5.11. The summed E-state index contributed by atoms with van der Waals surface area (Å²) in [6.07, 6.45) is 5.00. The second kappa shape index (κ2) is 10.5. The highest BCUT2D eigenvalue weighted by atomic mass is 19.3. The van der Waals surface area contributed by atoms with Gasteiger partial charge in [0, 0.05) is 19.3 Å². The number of aromatic nitrogens is 2. The Bertz CT molecular complexity index is 529. The minimum absolute atomic E-state index is 0.00233. The molecule has 0 aliphatic carbocycles. The summed E-state index contributed by atoms with van der Waals surface area (Å²) in [5.74, 6) is 0.386. The normalized spacial score (nSPS) is 14.1. The summed E-state index contributed by atoms with van der Waals surface area (Å²) in [5.41, 5.74) is -0.464. The van der Waals surface area contributed by atoms with E-state index in [2.05, 4.69) is 38.1 Å². The van der Waals surface area contributed by atoms with Crippen molar-refractivity contribution in [3.8, 4) is 0 Å². The van der Waals surface area contributed by atoms with Gasteiger partial charge in [-0.25, -0.2) is 8.78 Å². The molecule has 0 radical (unpaired) electrons. The van der Waals surface area contributed by atoms with Gasteiger partial charge in [0.2, 0.25) is 0 Å². The van der Waals surface area contributed by atoms with Gasteiger partial charge < -0.3 is 5.32 Å². The molecule has 0 saturated heterocycles. The maximum Gasteiger partial charge on any atom is 0.282 e. The number of carbonyl (C=O) groups is 1. The van der Waals surface area contributed by atoms with Crippen molar-refractivity contribution >= 4 is 5.91 Å². The maximum atomic E-state index is 13.1. The molecule has 0 aliphatic heterocycles. The third-order valence-corrected chi connectivity index (χ3v) is 4.52. The molecular formula is C19H33F2N3O. The summed E-state index contributed by atoms with van der Waals surface area (Å²) >= 11 is 0. The first-order valence-corrected chi connectivity index (χ1v) is 9.38. The van der Waals surface area contributed by atoms with E-state index < -0.39 is 18.0 Å². The average Bonchev–Trinajstić information content (AvgIpc) is 2.91. The Morgan fingerprint density at radius 1 is 1.24 bits per heavy atom. The fraction of sp³-hybridized carbons (Fsp3) is 0.789. The summed E-state index contributed by atoms with van der Waals surface area (Å²) in [5, 5.41) is 6.72. The van der Waals surface area contributed by atoms with Crippen molar-refractivity contribution in [1.29, 1.82) is 0 Å². The first-order valence-electron chi connectivity index (χ1n) is 9.38. The predicted molar refractivity (Wildman–Crippen MR) is 96.8 cm³/mol. The fourth-order valence-electron chi connectivity index (χ4n) is 3.29. The minimum atomic E-state index is -2.75. The van der Waals surface area contributed by atoms with E-state index in [1.54, 1.807) is 7.05 Å². The Morgan fingerprint density at radius 2 is 1.92 bits per heavy atom. The maximum absolute atomic E-state index is 13.1. The summed E-state index contributed by atoms with van der Waals surface area (Å²) in [7, 11) is 1.55. The number of nitrogens with one attached hydrogen (secondary N) is 1. The van der Waals surface area contributed by atoms with Crippen LogP contribution in [0, 0.1) is 11.8 Å². The zero-order valence-electron chi connectivity index (χ0n) is 16.2. The number of unbranched alkanes of at least 4 members (excludes halogenated alkanes) is 3. The highest BCUT2D eigenvalue weighted by Gasteiger charge is 2.26. The zero-order chi connectivity index (χ0) is 19.0. The number of alkyl halides is 2. The molecule has 25 heavy (non-hydrogen) atoms. The van der Waals surface area contributed by atoms with E-state index in [1.807, 2.05) is 0 Å². The van der Waals surface area contributed by atoms with Crippen LogP contribution >= 0.6 is 0 Å². The van der Waals surface area contributed by atoms with Crippen molar-refractivity contribution < 1.29 is 13.6 Å². The van der Waals surface area contributed by atoms with Gasteiger partial charge in [0.15, 0.2) is 0 Å². The highest BCUT2D eigenvalue weighted by Crippen LogP contribution is 2.23. The first kappa shape index (κ1) is 21.6. The van der Waals surface area contributed by atoms with Crippen LogP contribution in [0.3, 0.4) is 0 Å². The number of hydrogen-bond acceptors (Lipinski definition) is 2. The van der Waals surface area contributed by atoms with Crippen molar-refractivity contribution in [2.45, 2.75) is 78.7 Å². The largest absolute Gasteiger partial charge is 0.349 e. The van der Waals surface area contributed by atoms with Crippen LogP contribution in [0.4, 0.5) is 8.78 Å². The third kappa shape index (κ3) is 7.12. The molecule has 1 aromatic heterocycles. The number of aryl methyl sites for hydroxylation is 1. The van der Waals surface area contributed by atoms with Crippen LogP contribution < -0.4 is 5.32 Å². The van der Waals surface area contributed by atoms with E-state index in [-0.39, 0.29) is 11.6 Å². The van der Waals surface area contributed by atoms with Crippen molar-refractivity contribution in [3.05, 3.63) is 17.5 Å². The highest BCUT2D eigenvalue weighted by molar-refractivity contribution is 5.95. The van der Waals surface area contributed by atoms with Gasteiger partial charge in [-0.05, 0) is 24.7 Å². The zero-order valence-corrected chi connectivity index (χ0v) is 16.2. The van der Waals surface area contributed by atoms with E-state index >= 15 is 0 Å². The summed E-state index contributed by atoms with van der Waals surface area (Å²) in [6.45, 7) is 8.60. The lowest BCUT2D eigenvalue weighted by atomic mass is 9.88. The van der Waals surface area contributed by atoms with Crippen LogP contribution in [-0.2, 0) is 7.05 Å². The Balaban J connectivity index is 2.82. The monoisotopic (exact) mass is 357 g/mol. The van der Waals surface area contributed by atoms with Crippen LogP contribution in [0.15, 0.2) is 6.20 Å². The number of rotatable bonds is 11. The van der Waals surface area contributed by atoms with Crippen LogP contribution in [0.25, 0.3) is 0 Å². The van der Waals surface area contributed by atoms with Gasteiger partial charge in [0.1, 0.15) is 5.69 Å². The Morgan fingerprint density at radius 3 is 2.48 bits per heavy atom. The quantitative estimate of drug-likeness (QED) is 0.560. The molecule has 0 aromatic carbocycles. The Labute approximate surface area is 150 Å². The van der Waals surface area contributed by atoms with E-state index in [4.69, 9.17) is 0 Å². The molecular weight excluding hydrogens is 324 g/mol. The smallest absolute Gasteiger partial charge is 0.282 e. The van der Waals surface area contributed by atoms with Gasteiger partial charge in [0.25, 0.3) is 12.3 Å². The lowest BCUT2D eigenvalue weighted by Gasteiger charge is -2.26. The molecule has 1 unspecified atom stereocenters. The van der Waals surface area contributed by atoms with E-state index in [0.717, 1.165) is 32.1 Å². The lowest BCUT2D eigenvalue weighted by molar-refractivity contribution is 0.0902. The molecule has 1 rings (SSSR count). The molecule has 1 N–H and O–H groups in total. The number of halogens is 2. The second-order valence-corrected chi connectivity index (χ2v) is 7.44. The molecule has 2 atom stereocenters. The van der Waals surface area contributed by atoms with E-state index in [9.17, 15) is 13.6 Å². The molecule has 0 fully saturated rings. The molecule has 0 aliphatic rings. The first-order chi connectivity index (χ1) is 11.8. The van der Waals surface area contributed by atoms with E-state index in [0.29, 0.717) is 11.8 Å². The number of nitrogens with zero attached hydrogens (tertiary/aromatic N) is 2. The summed E-state index contributed by atoms with van der Waals surface area (Å²) in [4.78, 5) is 12.6. The van der Waals surface area contributed by atoms with Gasteiger partial charge in [-0.3, -0.25) is 9.48 Å². The topological polar surface area (TPSA) is 46.9 Å². The lowest BCUT2D eigenvalue weighted by Crippen LogP contribution is -2.40. The summed E-state index contributed by atoms with van der Waals surface area (Å²) < 4.78 is 27.5. The number of hydrogen-bond donors (Lipinski definition) is 1. The fourth-order valence-corrected chi connectivity index (χ4v) is 3.29. The van der Waals surface area contributed by atoms with Crippen molar-refractivity contribution in [3.63, 3.8) is 0 Å². The van der Waals surface area contributed by atoms with Gasteiger partial charge in [-0.15, -0.1) is 0 Å². The van der Waals surface area contributed by atoms with Gasteiger partial charge in [0.05, 0.1) is 5.56 Å². The second-order valence-electron chi connectivity index (χ2n) is 7.44. The van der Waals surface area contributed by atoms with Crippen molar-refractivity contribution in [2.75, 3.05) is 0 Å². The van der Waals surface area contributed by atoms with Crippen LogP contribution in [0.2, 0.25) is 0 Å². The summed E-state index contributed by atoms with van der Waals surface area (Å²) in [6, 6.07) is -0.00233. The van der Waals surface area contributed by atoms with Gasteiger partial charge >= 0.3 is 0 Å².